The molecule has 0 amide bonds. The van der Waals surface area contributed by atoms with Crippen molar-refractivity contribution in [3.8, 4) is 5.75 Å². The minimum Gasteiger partial charge on any atom is -0.496 e. The third kappa shape index (κ3) is 4.81. The maximum atomic E-state index is 12.6. The zero-order valence-corrected chi connectivity index (χ0v) is 20.5. The fourth-order valence-corrected chi connectivity index (χ4v) is 6.87. The standard InChI is InChI=1S/C26H36N2O3S/c1-4-17-32(29,30)28-16-14-21-12-11-20(18-25(21)28)13-15-27(2)19-22-7-5-9-24-23(22)8-6-10-26(24)31-3/h6,8,10-12,18,22H,4-5,7,9,13-17,19H2,1-3H3. The Morgan fingerprint density at radius 1 is 1.19 bits per heavy atom. The molecule has 0 fully saturated rings. The molecular formula is C26H36N2O3S. The molecule has 32 heavy (non-hydrogen) atoms. The van der Waals surface area contributed by atoms with Crippen LogP contribution >= 0.6 is 0 Å². The van der Waals surface area contributed by atoms with Crippen molar-refractivity contribution in [2.24, 2.45) is 0 Å². The van der Waals surface area contributed by atoms with Gasteiger partial charge in [0.1, 0.15) is 5.75 Å². The van der Waals surface area contributed by atoms with E-state index in [1.54, 1.807) is 11.4 Å². The highest BCUT2D eigenvalue weighted by molar-refractivity contribution is 7.92. The molecular weight excluding hydrogens is 420 g/mol. The average molecular weight is 457 g/mol. The van der Waals surface area contributed by atoms with Gasteiger partial charge in [-0.2, -0.15) is 0 Å². The lowest BCUT2D eigenvalue weighted by atomic mass is 9.82. The third-order valence-electron chi connectivity index (χ3n) is 6.92. The summed E-state index contributed by atoms with van der Waals surface area (Å²) in [5.74, 6) is 1.77. The van der Waals surface area contributed by atoms with Crippen LogP contribution in [0.1, 0.15) is 54.4 Å². The van der Waals surface area contributed by atoms with Gasteiger partial charge in [-0.15, -0.1) is 0 Å². The second-order valence-electron chi connectivity index (χ2n) is 9.23. The predicted octanol–water partition coefficient (Wildman–Crippen LogP) is 4.39. The highest BCUT2D eigenvalue weighted by atomic mass is 32.2. The first-order valence-corrected chi connectivity index (χ1v) is 13.5. The van der Waals surface area contributed by atoms with E-state index in [0.29, 0.717) is 18.9 Å². The molecule has 1 atom stereocenters. The number of hydrogen-bond donors (Lipinski definition) is 0. The van der Waals surface area contributed by atoms with Crippen LogP contribution in [0.3, 0.4) is 0 Å². The first-order valence-electron chi connectivity index (χ1n) is 11.9. The summed E-state index contributed by atoms with van der Waals surface area (Å²) in [5, 5.41) is 0. The number of benzene rings is 2. The Hall–Kier alpha value is -2.05. The quantitative estimate of drug-likeness (QED) is 0.561. The molecule has 1 heterocycles. The van der Waals surface area contributed by atoms with E-state index in [9.17, 15) is 8.42 Å². The van der Waals surface area contributed by atoms with Crippen LogP contribution in [0, 0.1) is 0 Å². The number of nitrogens with zero attached hydrogens (tertiary/aromatic N) is 2. The summed E-state index contributed by atoms with van der Waals surface area (Å²) >= 11 is 0. The minimum absolute atomic E-state index is 0.215. The van der Waals surface area contributed by atoms with E-state index in [2.05, 4.69) is 48.3 Å². The zero-order chi connectivity index (χ0) is 22.7. The summed E-state index contributed by atoms with van der Waals surface area (Å²) in [7, 11) is 0.743. The second-order valence-corrected chi connectivity index (χ2v) is 11.2. The molecule has 1 aliphatic heterocycles. The van der Waals surface area contributed by atoms with Crippen molar-refractivity contribution in [3.63, 3.8) is 0 Å². The van der Waals surface area contributed by atoms with Gasteiger partial charge < -0.3 is 9.64 Å². The van der Waals surface area contributed by atoms with Crippen LogP contribution in [-0.4, -0.2) is 52.9 Å². The van der Waals surface area contributed by atoms with Gasteiger partial charge in [-0.3, -0.25) is 4.31 Å². The van der Waals surface area contributed by atoms with Gasteiger partial charge in [0.25, 0.3) is 0 Å². The molecule has 6 heteroatoms. The third-order valence-corrected chi connectivity index (χ3v) is 8.90. The van der Waals surface area contributed by atoms with Crippen molar-refractivity contribution < 1.29 is 13.2 Å². The van der Waals surface area contributed by atoms with Crippen molar-refractivity contribution >= 4 is 15.7 Å². The number of sulfonamides is 1. The average Bonchev–Trinajstić information content (AvgIpc) is 3.22. The maximum absolute atomic E-state index is 12.6. The van der Waals surface area contributed by atoms with Crippen molar-refractivity contribution in [2.75, 3.05) is 43.8 Å². The molecule has 0 radical (unpaired) electrons. The van der Waals surface area contributed by atoms with Crippen LogP contribution in [0.25, 0.3) is 0 Å². The SMILES string of the molecule is CCCS(=O)(=O)N1CCc2ccc(CCN(C)CC3CCCc4c(OC)cccc43)cc21. The van der Waals surface area contributed by atoms with E-state index in [-0.39, 0.29) is 5.75 Å². The lowest BCUT2D eigenvalue weighted by Gasteiger charge is -2.30. The molecule has 0 N–H and O–H groups in total. The molecule has 0 saturated heterocycles. The monoisotopic (exact) mass is 456 g/mol. The van der Waals surface area contributed by atoms with E-state index in [1.165, 1.54) is 29.5 Å². The summed E-state index contributed by atoms with van der Waals surface area (Å²) in [4.78, 5) is 2.41. The first kappa shape index (κ1) is 23.1. The Bertz CT molecular complexity index is 1050. The molecule has 2 aromatic carbocycles. The summed E-state index contributed by atoms with van der Waals surface area (Å²) in [6.07, 6.45) is 5.90. The van der Waals surface area contributed by atoms with Gasteiger partial charge in [-0.25, -0.2) is 8.42 Å². The molecule has 1 aliphatic carbocycles. The normalized spacial score (nSPS) is 18.0. The van der Waals surface area contributed by atoms with Gasteiger partial charge in [0.15, 0.2) is 0 Å². The van der Waals surface area contributed by atoms with Gasteiger partial charge in [0.05, 0.1) is 18.6 Å². The molecule has 1 unspecified atom stereocenters. The van der Waals surface area contributed by atoms with Gasteiger partial charge >= 0.3 is 0 Å². The van der Waals surface area contributed by atoms with E-state index in [1.807, 2.05) is 6.92 Å². The molecule has 2 aromatic rings. The lowest BCUT2D eigenvalue weighted by Crippen LogP contribution is -2.31. The Balaban J connectivity index is 1.40. The highest BCUT2D eigenvalue weighted by Crippen LogP contribution is 2.37. The van der Waals surface area contributed by atoms with E-state index in [4.69, 9.17) is 4.74 Å². The summed E-state index contributed by atoms with van der Waals surface area (Å²) < 4.78 is 32.5. The Morgan fingerprint density at radius 2 is 2.03 bits per heavy atom. The number of anilines is 1. The molecule has 2 aliphatic rings. The maximum Gasteiger partial charge on any atom is 0.235 e. The Labute approximate surface area is 193 Å². The van der Waals surface area contributed by atoms with Gasteiger partial charge in [-0.05, 0) is 85.9 Å². The van der Waals surface area contributed by atoms with Crippen molar-refractivity contribution in [3.05, 3.63) is 58.7 Å². The smallest absolute Gasteiger partial charge is 0.235 e. The number of ether oxygens (including phenoxy) is 1. The van der Waals surface area contributed by atoms with Crippen LogP contribution in [0.2, 0.25) is 0 Å². The zero-order valence-electron chi connectivity index (χ0n) is 19.6. The predicted molar refractivity (Wildman–Crippen MR) is 131 cm³/mol. The highest BCUT2D eigenvalue weighted by Gasteiger charge is 2.29. The van der Waals surface area contributed by atoms with Gasteiger partial charge in [0.2, 0.25) is 10.0 Å². The number of rotatable bonds is 9. The molecule has 0 saturated carbocycles. The van der Waals surface area contributed by atoms with E-state index < -0.39 is 10.0 Å². The lowest BCUT2D eigenvalue weighted by molar-refractivity contribution is 0.299. The minimum atomic E-state index is -3.21. The van der Waals surface area contributed by atoms with Crippen LogP contribution in [-0.2, 0) is 29.3 Å². The van der Waals surface area contributed by atoms with Crippen LogP contribution in [0.5, 0.6) is 5.75 Å². The number of likely N-dealkylation sites (N-methyl/N-ethyl adjacent to an activating group) is 1. The molecule has 0 bridgehead atoms. The fourth-order valence-electron chi connectivity index (χ4n) is 5.29. The summed E-state index contributed by atoms with van der Waals surface area (Å²) in [5.41, 5.74) is 6.07. The van der Waals surface area contributed by atoms with Crippen molar-refractivity contribution in [1.29, 1.82) is 0 Å². The summed E-state index contributed by atoms with van der Waals surface area (Å²) in [6, 6.07) is 12.8. The molecule has 5 nitrogen and oxygen atoms in total. The largest absolute Gasteiger partial charge is 0.496 e. The fraction of sp³-hybridized carbons (Fsp3) is 0.538. The van der Waals surface area contributed by atoms with Gasteiger partial charge in [-0.1, -0.05) is 31.2 Å². The Kier molecular flexibility index (Phi) is 7.11. The molecule has 0 aromatic heterocycles. The first-order chi connectivity index (χ1) is 15.4. The molecule has 4 rings (SSSR count). The number of methoxy groups -OCH3 is 1. The second kappa shape index (κ2) is 9.84. The van der Waals surface area contributed by atoms with Gasteiger partial charge in [0, 0.05) is 19.6 Å². The van der Waals surface area contributed by atoms with E-state index >= 15 is 0 Å². The number of fused-ring (bicyclic) bond motifs is 2. The van der Waals surface area contributed by atoms with Crippen LogP contribution in [0.15, 0.2) is 36.4 Å². The molecule has 174 valence electrons. The van der Waals surface area contributed by atoms with E-state index in [0.717, 1.165) is 49.4 Å². The number of hydrogen-bond acceptors (Lipinski definition) is 4. The van der Waals surface area contributed by atoms with Crippen molar-refractivity contribution in [2.45, 2.75) is 51.4 Å². The summed E-state index contributed by atoms with van der Waals surface area (Å²) in [6.45, 7) is 4.48. The van der Waals surface area contributed by atoms with Crippen molar-refractivity contribution in [1.82, 2.24) is 4.90 Å². The topological polar surface area (TPSA) is 49.9 Å². The van der Waals surface area contributed by atoms with Crippen LogP contribution < -0.4 is 9.04 Å². The molecule has 0 spiro atoms. The Morgan fingerprint density at radius 3 is 2.81 bits per heavy atom. The van der Waals surface area contributed by atoms with Crippen LogP contribution in [0.4, 0.5) is 5.69 Å².